The molecule has 4 aromatic rings. The van der Waals surface area contributed by atoms with Gasteiger partial charge in [0.1, 0.15) is 93.9 Å². The number of halogens is 12. The molecule has 24 heteroatoms. The van der Waals surface area contributed by atoms with E-state index in [-0.39, 0.29) is 5.76 Å². The van der Waals surface area contributed by atoms with Crippen LogP contribution >= 0.6 is 0 Å². The third-order valence-electron chi connectivity index (χ3n) is 8.74. The van der Waals surface area contributed by atoms with E-state index in [9.17, 15) is 47.4 Å². The second kappa shape index (κ2) is 13.2. The highest BCUT2D eigenvalue weighted by atomic mass is 19.4. The summed E-state index contributed by atoms with van der Waals surface area (Å²) in [5, 5.41) is 47.8. The minimum absolute atomic E-state index is 0.316. The lowest BCUT2D eigenvalue weighted by Crippen LogP contribution is -2.64. The molecule has 12 nitrogen and oxygen atoms in total. The molecule has 7 rings (SSSR count). The summed E-state index contributed by atoms with van der Waals surface area (Å²) in [5.41, 5.74) is -13.4. The van der Waals surface area contributed by atoms with Crippen LogP contribution in [0.3, 0.4) is 0 Å². The summed E-state index contributed by atoms with van der Waals surface area (Å²) in [5.74, 6) is -22.0. The number of nitriles is 6. The second-order valence-corrected chi connectivity index (χ2v) is 11.9. The van der Waals surface area contributed by atoms with Crippen molar-refractivity contribution in [1.82, 2.24) is 15.0 Å². The van der Waals surface area contributed by atoms with E-state index in [4.69, 9.17) is 14.9 Å². The third-order valence-corrected chi connectivity index (χ3v) is 8.74. The van der Waals surface area contributed by atoms with Gasteiger partial charge < -0.3 is 13.3 Å². The van der Waals surface area contributed by atoms with Gasteiger partial charge in [-0.1, -0.05) is 0 Å². The van der Waals surface area contributed by atoms with E-state index in [0.717, 1.165) is 31.2 Å². The molecular weight excluding hydrogens is 834 g/mol. The summed E-state index contributed by atoms with van der Waals surface area (Å²) >= 11 is 0. The molecular formula is C36H3F12N9O3. The first-order chi connectivity index (χ1) is 28.2. The third kappa shape index (κ3) is 5.32. The highest BCUT2D eigenvalue weighted by molar-refractivity contribution is 6.03. The zero-order chi connectivity index (χ0) is 44.1. The predicted molar refractivity (Wildman–Crippen MR) is 167 cm³/mol. The first-order valence-electron chi connectivity index (χ1n) is 15.4. The van der Waals surface area contributed by atoms with Crippen molar-refractivity contribution >= 4 is 51.7 Å². The second-order valence-electron chi connectivity index (χ2n) is 11.9. The van der Waals surface area contributed by atoms with Gasteiger partial charge in [-0.3, -0.25) is 0 Å². The van der Waals surface area contributed by atoms with Crippen molar-refractivity contribution in [3.05, 3.63) is 100 Å². The topological polar surface area (TPSA) is 221 Å². The number of nitrogens with zero attached hydrogens (tertiary/aromatic N) is 9. The van der Waals surface area contributed by atoms with Gasteiger partial charge in [0.25, 0.3) is 0 Å². The maximum absolute atomic E-state index is 16.8. The smallest absolute Gasteiger partial charge is 0.439 e. The van der Waals surface area contributed by atoms with Crippen LogP contribution in [0.25, 0.3) is 51.7 Å². The lowest BCUT2D eigenvalue weighted by molar-refractivity contribution is -0.154. The number of rotatable bonds is 3. The first kappa shape index (κ1) is 39.6. The summed E-state index contributed by atoms with van der Waals surface area (Å²) in [6.45, 7) is 1.13. The minimum Gasteiger partial charge on any atom is -0.439 e. The van der Waals surface area contributed by atoms with Crippen LogP contribution in [0.4, 0.5) is 52.7 Å². The lowest BCUT2D eigenvalue weighted by atomic mass is 10.1. The zero-order valence-electron chi connectivity index (χ0n) is 28.3. The van der Waals surface area contributed by atoms with Gasteiger partial charge in [0.05, 0.1) is 16.7 Å². The van der Waals surface area contributed by atoms with Crippen LogP contribution in [0.5, 0.6) is 0 Å². The molecule has 0 saturated carbocycles. The van der Waals surface area contributed by atoms with Crippen molar-refractivity contribution in [2.24, 2.45) is 0 Å². The molecule has 0 spiro atoms. The van der Waals surface area contributed by atoms with Gasteiger partial charge in [-0.15, -0.1) is 0 Å². The van der Waals surface area contributed by atoms with E-state index < -0.39 is 158 Å². The van der Waals surface area contributed by atoms with Gasteiger partial charge in [0.15, 0.2) is 17.1 Å². The van der Waals surface area contributed by atoms with Crippen molar-refractivity contribution in [1.29, 1.82) is 31.6 Å². The summed E-state index contributed by atoms with van der Waals surface area (Å²) in [4.78, 5) is 9.88. The number of alkyl halides is 6. The van der Waals surface area contributed by atoms with E-state index in [1.807, 2.05) is 0 Å². The molecule has 0 fully saturated rings. The van der Waals surface area contributed by atoms with Gasteiger partial charge in [-0.25, -0.2) is 26.3 Å². The number of allylic oxidation sites excluding steroid dienone is 6. The Bertz CT molecular complexity index is 3360. The number of aryl methyl sites for hydroxylation is 1. The van der Waals surface area contributed by atoms with Crippen molar-refractivity contribution in [2.45, 2.75) is 19.3 Å². The number of benzene rings is 1. The number of hydrogen-bond donors (Lipinski definition) is 0. The molecule has 0 aliphatic heterocycles. The Balaban J connectivity index is 1.77. The van der Waals surface area contributed by atoms with Gasteiger partial charge in [0, 0.05) is 31.3 Å². The van der Waals surface area contributed by atoms with Gasteiger partial charge in [0.2, 0.25) is 29.2 Å². The largest absolute Gasteiger partial charge is 0.452 e. The van der Waals surface area contributed by atoms with Gasteiger partial charge >= 0.3 is 12.4 Å². The molecule has 3 aliphatic carbocycles. The van der Waals surface area contributed by atoms with Crippen LogP contribution in [0.2, 0.25) is 0 Å². The van der Waals surface area contributed by atoms with Crippen LogP contribution in [0.1, 0.15) is 52.0 Å². The molecule has 0 bridgehead atoms. The highest BCUT2D eigenvalue weighted by Crippen LogP contribution is 2.40. The standard InChI is InChI=1S/C36H3F12N9O3/c1-8-12(5-52)55-32(58-8)9(2-49)15-24(37)18-19(25(15)38)21-23(29(42)17(27(21)40)11(4-51)34-57-14(7-54)31(60-34)36(46,47)48)22-20(18)26(39)16(28(22)41)10(3-50)33-56-13(6-53)30(59-33)35(43,44)45/h1H3/b15-9-,16-10+,17-11-. The Morgan fingerprint density at radius 1 is 0.433 bits per heavy atom. The summed E-state index contributed by atoms with van der Waals surface area (Å²) in [6.07, 6.45) is -11.0. The highest BCUT2D eigenvalue weighted by Gasteiger charge is 2.44. The predicted octanol–water partition coefficient (Wildman–Crippen LogP) is 4.05. The normalized spacial score (nSPS) is 17.1. The molecule has 3 heterocycles. The van der Waals surface area contributed by atoms with Crippen LogP contribution in [0, 0.1) is 74.9 Å². The summed E-state index contributed by atoms with van der Waals surface area (Å²) < 4.78 is 197. The number of aromatic nitrogens is 3. The fourth-order valence-electron chi connectivity index (χ4n) is 6.39. The van der Waals surface area contributed by atoms with Crippen LogP contribution < -0.4 is 31.3 Å². The van der Waals surface area contributed by atoms with Crippen LogP contribution in [0.15, 0.2) is 30.0 Å². The molecule has 3 aliphatic rings. The quantitative estimate of drug-likeness (QED) is 0.211. The molecule has 3 aromatic heterocycles. The van der Waals surface area contributed by atoms with Crippen molar-refractivity contribution in [2.75, 3.05) is 0 Å². The zero-order valence-corrected chi connectivity index (χ0v) is 28.3. The van der Waals surface area contributed by atoms with E-state index in [0.29, 0.717) is 0 Å². The first-order valence-corrected chi connectivity index (χ1v) is 15.4. The molecule has 0 atom stereocenters. The lowest BCUT2D eigenvalue weighted by Gasteiger charge is -2.02. The fourth-order valence-corrected chi connectivity index (χ4v) is 6.39. The molecule has 1 aromatic carbocycles. The van der Waals surface area contributed by atoms with E-state index in [1.165, 1.54) is 12.1 Å². The van der Waals surface area contributed by atoms with Crippen molar-refractivity contribution in [3.8, 4) is 36.4 Å². The van der Waals surface area contributed by atoms with Gasteiger partial charge in [-0.05, 0) is 6.92 Å². The van der Waals surface area contributed by atoms with Crippen molar-refractivity contribution in [3.63, 3.8) is 0 Å². The Labute approximate surface area is 319 Å². The maximum atomic E-state index is 16.8. The fraction of sp³-hybridized carbons (Fsp3) is 0.0833. The summed E-state index contributed by atoms with van der Waals surface area (Å²) in [7, 11) is 0. The average molecular weight is 837 g/mol. The monoisotopic (exact) mass is 837 g/mol. The molecule has 0 radical (unpaired) electrons. The van der Waals surface area contributed by atoms with Crippen molar-refractivity contribution < 1.29 is 65.9 Å². The Morgan fingerprint density at radius 2 is 0.683 bits per heavy atom. The number of fused-ring (bicyclic) bond motifs is 6. The Hall–Kier alpha value is -8.61. The van der Waals surface area contributed by atoms with Gasteiger partial charge in [-0.2, -0.15) is 72.9 Å². The Morgan fingerprint density at radius 3 is 0.883 bits per heavy atom. The minimum atomic E-state index is -5.50. The molecule has 60 heavy (non-hydrogen) atoms. The van der Waals surface area contributed by atoms with Crippen LogP contribution in [-0.2, 0) is 12.4 Å². The maximum Gasteiger partial charge on any atom is 0.452 e. The summed E-state index contributed by atoms with van der Waals surface area (Å²) in [6, 6.07) is 6.95. The molecule has 294 valence electrons. The van der Waals surface area contributed by atoms with E-state index in [2.05, 4.69) is 23.8 Å². The molecule has 0 saturated heterocycles. The van der Waals surface area contributed by atoms with E-state index >= 15 is 26.3 Å². The van der Waals surface area contributed by atoms with Crippen LogP contribution in [-0.4, -0.2) is 15.0 Å². The molecule has 0 N–H and O–H groups in total. The average Bonchev–Trinajstić information content (AvgIpc) is 4.04. The molecule has 0 unspecified atom stereocenters. The number of hydrogen-bond acceptors (Lipinski definition) is 12. The SMILES string of the molecule is Cc1oc(/C(C#N)=C2\C(F)=c3c4c(c5c(c3=C2F)=C(F)/C(=C(/C#N)c2nc(C#N)c(C(F)(F)F)o2)C=5F)=C(F)/C(=C(/C#N)c2nc(C#N)c(C(F)(F)F)o2)C=4F)nc1C#N. The Kier molecular flexibility index (Phi) is 8.74. The number of oxazole rings is 3. The molecule has 0 amide bonds. The van der Waals surface area contributed by atoms with E-state index in [1.54, 1.807) is 0 Å².